The Hall–Kier alpha value is -2.34. The van der Waals surface area contributed by atoms with Gasteiger partial charge in [0.25, 0.3) is 0 Å². The highest BCUT2D eigenvalue weighted by Gasteiger charge is 2.42. The first-order chi connectivity index (χ1) is 17.6. The summed E-state index contributed by atoms with van der Waals surface area (Å²) in [6.07, 6.45) is -4.45. The molecule has 2 heterocycles. The fraction of sp³-hybridized carbons (Fsp3) is 0.593. The van der Waals surface area contributed by atoms with Gasteiger partial charge in [-0.1, -0.05) is 45.9 Å². The van der Waals surface area contributed by atoms with Crippen molar-refractivity contribution < 1.29 is 42.8 Å². The predicted molar refractivity (Wildman–Crippen MR) is 138 cm³/mol. The van der Waals surface area contributed by atoms with Crippen LogP contribution in [0.5, 0.6) is 0 Å². The van der Waals surface area contributed by atoms with E-state index >= 15 is 0 Å². The molecular weight excluding hydrogens is 523 g/mol. The van der Waals surface area contributed by atoms with E-state index < -0.39 is 71.9 Å². The standard InChI is InChI=1S/C27H36F3NO6S/c1-15-7-6-8-18(27(28,29)30)9-10-20(16(2)11-19-14-38-22(13-32)31-19)37-23(34)12-21(33)26(4,5)25(36)17(3)24(15)35/h6-7,9,11,14-15,17,20-21,24,32-33,35H,8,10,12-13H2,1-5H3/b7-6+,16-11+,18-9+. The number of hydrogen-bond acceptors (Lipinski definition) is 8. The highest BCUT2D eigenvalue weighted by Crippen LogP contribution is 2.33. The molecule has 0 aliphatic carbocycles. The average molecular weight is 560 g/mol. The van der Waals surface area contributed by atoms with Crippen LogP contribution in [0.15, 0.2) is 34.8 Å². The van der Waals surface area contributed by atoms with Crippen molar-refractivity contribution in [1.82, 2.24) is 4.98 Å². The molecule has 1 aromatic rings. The first kappa shape index (κ1) is 31.9. The molecule has 11 heteroatoms. The third kappa shape index (κ3) is 8.33. The molecule has 0 amide bonds. The summed E-state index contributed by atoms with van der Waals surface area (Å²) in [5.74, 6) is -2.94. The van der Waals surface area contributed by atoms with Crippen LogP contribution < -0.4 is 0 Å². The number of ketones is 1. The van der Waals surface area contributed by atoms with Crippen LogP contribution in [0.25, 0.3) is 6.08 Å². The summed E-state index contributed by atoms with van der Waals surface area (Å²) in [4.78, 5) is 30.1. The van der Waals surface area contributed by atoms with Gasteiger partial charge < -0.3 is 20.1 Å². The largest absolute Gasteiger partial charge is 0.457 e. The molecule has 0 radical (unpaired) electrons. The third-order valence-electron chi connectivity index (χ3n) is 6.87. The number of aliphatic hydroxyl groups is 3. The van der Waals surface area contributed by atoms with Gasteiger partial charge in [-0.2, -0.15) is 13.2 Å². The molecular formula is C27H36F3NO6S. The van der Waals surface area contributed by atoms with Crippen LogP contribution in [0.1, 0.15) is 64.6 Å². The molecule has 0 fully saturated rings. The summed E-state index contributed by atoms with van der Waals surface area (Å²) >= 11 is 1.21. The van der Waals surface area contributed by atoms with Crippen molar-refractivity contribution >= 4 is 29.2 Å². The number of allylic oxidation sites excluding steroid dienone is 2. The van der Waals surface area contributed by atoms with Gasteiger partial charge in [0.2, 0.25) is 0 Å². The van der Waals surface area contributed by atoms with Gasteiger partial charge >= 0.3 is 12.1 Å². The van der Waals surface area contributed by atoms with E-state index in [-0.39, 0.29) is 13.0 Å². The minimum Gasteiger partial charge on any atom is -0.457 e. The van der Waals surface area contributed by atoms with Crippen LogP contribution in [0.4, 0.5) is 13.2 Å². The Morgan fingerprint density at radius 3 is 2.50 bits per heavy atom. The summed E-state index contributed by atoms with van der Waals surface area (Å²) in [5, 5.41) is 32.8. The second-order valence-electron chi connectivity index (χ2n) is 10.2. The van der Waals surface area contributed by atoms with Crippen molar-refractivity contribution in [1.29, 1.82) is 0 Å². The Labute approximate surface area is 224 Å². The summed E-state index contributed by atoms with van der Waals surface area (Å²) in [7, 11) is 0. The fourth-order valence-corrected chi connectivity index (χ4v) is 4.80. The van der Waals surface area contributed by atoms with E-state index in [2.05, 4.69) is 4.98 Å². The number of alkyl halides is 3. The van der Waals surface area contributed by atoms with Crippen molar-refractivity contribution in [3.8, 4) is 0 Å². The number of rotatable bonds is 3. The zero-order valence-electron chi connectivity index (χ0n) is 22.2. The maximum absolute atomic E-state index is 13.8. The molecule has 1 aliphatic heterocycles. The van der Waals surface area contributed by atoms with E-state index in [9.17, 15) is 38.1 Å². The fourth-order valence-electron chi connectivity index (χ4n) is 4.19. The number of hydrogen-bond donors (Lipinski definition) is 3. The molecule has 7 nitrogen and oxygen atoms in total. The van der Waals surface area contributed by atoms with Gasteiger partial charge in [-0.15, -0.1) is 11.3 Å². The summed E-state index contributed by atoms with van der Waals surface area (Å²) < 4.78 is 46.8. The Balaban J connectivity index is 2.50. The number of esters is 1. The van der Waals surface area contributed by atoms with E-state index in [4.69, 9.17) is 4.74 Å². The number of nitrogens with zero attached hydrogens (tertiary/aromatic N) is 1. The van der Waals surface area contributed by atoms with Crippen LogP contribution in [0, 0.1) is 17.3 Å². The number of halogens is 3. The Kier molecular flexibility index (Phi) is 11.0. The number of thiazole rings is 1. The van der Waals surface area contributed by atoms with E-state index in [0.717, 1.165) is 6.08 Å². The maximum atomic E-state index is 13.8. The van der Waals surface area contributed by atoms with E-state index in [1.807, 2.05) is 0 Å². The van der Waals surface area contributed by atoms with Crippen LogP contribution in [-0.2, 0) is 20.9 Å². The Morgan fingerprint density at radius 1 is 1.26 bits per heavy atom. The van der Waals surface area contributed by atoms with Gasteiger partial charge in [0, 0.05) is 29.2 Å². The molecule has 2 rings (SSSR count). The highest BCUT2D eigenvalue weighted by atomic mass is 32.1. The molecule has 0 saturated carbocycles. The number of Topliss-reactive ketones (excluding diaryl/α,β-unsaturated/α-hetero) is 1. The van der Waals surface area contributed by atoms with Crippen LogP contribution in [0.2, 0.25) is 0 Å². The van der Waals surface area contributed by atoms with E-state index in [0.29, 0.717) is 16.3 Å². The predicted octanol–water partition coefficient (Wildman–Crippen LogP) is 4.77. The van der Waals surface area contributed by atoms with Crippen LogP contribution in [-0.4, -0.2) is 56.5 Å². The Morgan fingerprint density at radius 2 is 1.92 bits per heavy atom. The monoisotopic (exact) mass is 559 g/mol. The van der Waals surface area contributed by atoms with Crippen molar-refractivity contribution in [3.05, 3.63) is 45.5 Å². The van der Waals surface area contributed by atoms with Crippen molar-refractivity contribution in [2.24, 2.45) is 17.3 Å². The highest BCUT2D eigenvalue weighted by molar-refractivity contribution is 7.09. The second-order valence-corrected chi connectivity index (χ2v) is 11.2. The number of cyclic esters (lactones) is 1. The lowest BCUT2D eigenvalue weighted by Gasteiger charge is -2.34. The normalized spacial score (nSPS) is 30.9. The molecule has 1 aromatic heterocycles. The van der Waals surface area contributed by atoms with Gasteiger partial charge in [0.15, 0.2) is 0 Å². The zero-order valence-corrected chi connectivity index (χ0v) is 23.0. The second kappa shape index (κ2) is 13.1. The summed E-state index contributed by atoms with van der Waals surface area (Å²) in [6, 6.07) is 0. The minimum atomic E-state index is -4.64. The molecule has 3 N–H and O–H groups in total. The molecule has 38 heavy (non-hydrogen) atoms. The van der Waals surface area contributed by atoms with E-state index in [1.165, 1.54) is 44.3 Å². The van der Waals surface area contributed by atoms with Crippen LogP contribution >= 0.6 is 11.3 Å². The Bertz CT molecular complexity index is 1080. The molecule has 0 bridgehead atoms. The lowest BCUT2D eigenvalue weighted by atomic mass is 9.73. The average Bonchev–Trinajstić information content (AvgIpc) is 3.29. The summed E-state index contributed by atoms with van der Waals surface area (Å²) in [5.41, 5.74) is -1.38. The number of ether oxygens (including phenoxy) is 1. The van der Waals surface area contributed by atoms with Gasteiger partial charge in [0.1, 0.15) is 16.9 Å². The first-order valence-corrected chi connectivity index (χ1v) is 13.2. The maximum Gasteiger partial charge on any atom is 0.412 e. The van der Waals surface area contributed by atoms with Gasteiger partial charge in [-0.25, -0.2) is 4.98 Å². The smallest absolute Gasteiger partial charge is 0.412 e. The van der Waals surface area contributed by atoms with Crippen LogP contribution in [0.3, 0.4) is 0 Å². The molecule has 0 aromatic carbocycles. The molecule has 0 spiro atoms. The molecule has 5 unspecified atom stereocenters. The van der Waals surface area contributed by atoms with E-state index in [1.54, 1.807) is 25.3 Å². The number of carbonyl (C=O) groups excluding carboxylic acids is 2. The summed E-state index contributed by atoms with van der Waals surface area (Å²) in [6.45, 7) is 7.35. The lowest BCUT2D eigenvalue weighted by Crippen LogP contribution is -2.45. The molecule has 1 aliphatic rings. The number of aliphatic hydroxyl groups excluding tert-OH is 3. The SMILES string of the molecule is C/C(=C\c1csc(CO)n1)C1C/C=C(/C(F)(F)F)C/C=C/C(C)C(O)C(C)C(=O)C(C)(C)C(O)CC(=O)O1. The van der Waals surface area contributed by atoms with Crippen molar-refractivity contribution in [2.45, 2.75) is 85.0 Å². The van der Waals surface area contributed by atoms with Gasteiger partial charge in [0.05, 0.1) is 36.3 Å². The third-order valence-corrected chi connectivity index (χ3v) is 7.73. The number of carbonyl (C=O) groups is 2. The minimum absolute atomic E-state index is 0.262. The molecule has 5 atom stereocenters. The topological polar surface area (TPSA) is 117 Å². The van der Waals surface area contributed by atoms with Crippen molar-refractivity contribution in [3.63, 3.8) is 0 Å². The number of aromatic nitrogens is 1. The van der Waals surface area contributed by atoms with Gasteiger partial charge in [-0.05, 0) is 25.0 Å². The first-order valence-electron chi connectivity index (χ1n) is 12.3. The zero-order chi connectivity index (χ0) is 28.8. The lowest BCUT2D eigenvalue weighted by molar-refractivity contribution is -0.154. The van der Waals surface area contributed by atoms with Gasteiger partial charge in [-0.3, -0.25) is 9.59 Å². The molecule has 212 valence electrons. The quantitative estimate of drug-likeness (QED) is 0.361. The molecule has 0 saturated heterocycles. The van der Waals surface area contributed by atoms with Crippen molar-refractivity contribution in [2.75, 3.05) is 0 Å².